The van der Waals surface area contributed by atoms with Crippen molar-refractivity contribution in [2.75, 3.05) is 14.1 Å². The van der Waals surface area contributed by atoms with Gasteiger partial charge in [0.15, 0.2) is 0 Å². The van der Waals surface area contributed by atoms with Gasteiger partial charge < -0.3 is 9.30 Å². The van der Waals surface area contributed by atoms with E-state index < -0.39 is 16.0 Å². The van der Waals surface area contributed by atoms with Crippen molar-refractivity contribution in [1.82, 2.24) is 13.9 Å². The molecule has 2 aromatic carbocycles. The summed E-state index contributed by atoms with van der Waals surface area (Å²) in [5.41, 5.74) is 1.90. The van der Waals surface area contributed by atoms with Gasteiger partial charge in [-0.1, -0.05) is 29.3 Å². The first kappa shape index (κ1) is 22.6. The maximum Gasteiger partial charge on any atom is 0.310 e. The third kappa shape index (κ3) is 4.62. The molecule has 1 heterocycles. The lowest BCUT2D eigenvalue weighted by molar-refractivity contribution is -0.144. The Balaban J connectivity index is 1.81. The van der Waals surface area contributed by atoms with Crippen molar-refractivity contribution in [3.05, 3.63) is 57.8 Å². The SMILES string of the molecule is CCn1c(COC(=O)Cc2ccc(Cl)cc2Cl)nc2cc(S(=O)(=O)N(C)C)ccc21. The number of benzene rings is 2. The summed E-state index contributed by atoms with van der Waals surface area (Å²) in [7, 11) is -0.621. The van der Waals surface area contributed by atoms with Crippen molar-refractivity contribution in [1.29, 1.82) is 0 Å². The van der Waals surface area contributed by atoms with Crippen molar-refractivity contribution < 1.29 is 17.9 Å². The predicted octanol–water partition coefficient (Wildman–Crippen LogP) is 3.90. The minimum atomic E-state index is -3.57. The lowest BCUT2D eigenvalue weighted by Crippen LogP contribution is -2.22. The molecular weight excluding hydrogens is 449 g/mol. The first-order chi connectivity index (χ1) is 14.1. The summed E-state index contributed by atoms with van der Waals surface area (Å²) >= 11 is 12.0. The molecule has 3 rings (SSSR count). The zero-order valence-electron chi connectivity index (χ0n) is 16.7. The minimum absolute atomic E-state index is 0.00752. The summed E-state index contributed by atoms with van der Waals surface area (Å²) in [6, 6.07) is 9.69. The highest BCUT2D eigenvalue weighted by Gasteiger charge is 2.20. The normalized spacial score (nSPS) is 11.9. The average Bonchev–Trinajstić information content (AvgIpc) is 3.05. The van der Waals surface area contributed by atoms with E-state index in [1.54, 1.807) is 30.3 Å². The van der Waals surface area contributed by atoms with Crippen LogP contribution >= 0.6 is 23.2 Å². The van der Waals surface area contributed by atoms with E-state index in [0.717, 1.165) is 9.82 Å². The molecule has 0 N–H and O–H groups in total. The number of nitrogens with zero attached hydrogens (tertiary/aromatic N) is 3. The minimum Gasteiger partial charge on any atom is -0.457 e. The quantitative estimate of drug-likeness (QED) is 0.490. The van der Waals surface area contributed by atoms with Gasteiger partial charge >= 0.3 is 5.97 Å². The summed E-state index contributed by atoms with van der Waals surface area (Å²) in [5, 5.41) is 0.888. The summed E-state index contributed by atoms with van der Waals surface area (Å²) in [6.45, 7) is 2.49. The fourth-order valence-electron chi connectivity index (χ4n) is 3.01. The number of aromatic nitrogens is 2. The number of sulfonamides is 1. The zero-order chi connectivity index (χ0) is 22.1. The van der Waals surface area contributed by atoms with Gasteiger partial charge in [0.25, 0.3) is 0 Å². The molecule has 0 atom stereocenters. The van der Waals surface area contributed by atoms with E-state index in [-0.39, 0.29) is 17.9 Å². The zero-order valence-corrected chi connectivity index (χ0v) is 19.1. The van der Waals surface area contributed by atoms with Crippen molar-refractivity contribution >= 4 is 50.2 Å². The topological polar surface area (TPSA) is 81.5 Å². The molecule has 0 saturated carbocycles. The molecular formula is C20H21Cl2N3O4S. The lowest BCUT2D eigenvalue weighted by Gasteiger charge is -2.11. The summed E-state index contributed by atoms with van der Waals surface area (Å²) < 4.78 is 33.2. The third-order valence-corrected chi connectivity index (χ3v) is 7.00. The number of hydrogen-bond donors (Lipinski definition) is 0. The summed E-state index contributed by atoms with van der Waals surface area (Å²) in [6.07, 6.45) is 0.00752. The molecule has 0 aliphatic heterocycles. The van der Waals surface area contributed by atoms with Gasteiger partial charge in [0.2, 0.25) is 10.0 Å². The van der Waals surface area contributed by atoms with Gasteiger partial charge in [-0.2, -0.15) is 0 Å². The lowest BCUT2D eigenvalue weighted by atomic mass is 10.1. The second kappa shape index (κ2) is 8.93. The number of ether oxygens (including phenoxy) is 1. The van der Waals surface area contributed by atoms with Crippen LogP contribution in [0.5, 0.6) is 0 Å². The van der Waals surface area contributed by atoms with E-state index in [0.29, 0.717) is 33.5 Å². The Kier molecular flexibility index (Phi) is 6.71. The molecule has 0 radical (unpaired) electrons. The van der Waals surface area contributed by atoms with Crippen LogP contribution in [0.3, 0.4) is 0 Å². The van der Waals surface area contributed by atoms with Crippen LogP contribution < -0.4 is 0 Å². The Morgan fingerprint density at radius 3 is 2.53 bits per heavy atom. The maximum atomic E-state index is 12.4. The first-order valence-electron chi connectivity index (χ1n) is 9.14. The average molecular weight is 470 g/mol. The number of halogens is 2. The van der Waals surface area contributed by atoms with Gasteiger partial charge in [0.1, 0.15) is 12.4 Å². The van der Waals surface area contributed by atoms with E-state index in [2.05, 4.69) is 4.98 Å². The van der Waals surface area contributed by atoms with Crippen LogP contribution in [-0.4, -0.2) is 42.3 Å². The number of fused-ring (bicyclic) bond motifs is 1. The van der Waals surface area contributed by atoms with Crippen molar-refractivity contribution in [3.63, 3.8) is 0 Å². The van der Waals surface area contributed by atoms with Crippen LogP contribution in [0.15, 0.2) is 41.3 Å². The third-order valence-electron chi connectivity index (χ3n) is 4.61. The Labute approximate surface area is 185 Å². The van der Waals surface area contributed by atoms with Gasteiger partial charge in [-0.25, -0.2) is 17.7 Å². The molecule has 7 nitrogen and oxygen atoms in total. The van der Waals surface area contributed by atoms with E-state index in [1.807, 2.05) is 11.5 Å². The number of aryl methyl sites for hydroxylation is 1. The molecule has 0 aliphatic rings. The molecule has 160 valence electrons. The van der Waals surface area contributed by atoms with E-state index in [1.165, 1.54) is 20.2 Å². The van der Waals surface area contributed by atoms with Crippen LogP contribution in [-0.2, 0) is 39.1 Å². The fraction of sp³-hybridized carbons (Fsp3) is 0.300. The molecule has 0 amide bonds. The highest BCUT2D eigenvalue weighted by atomic mass is 35.5. The van der Waals surface area contributed by atoms with Gasteiger partial charge in [-0.15, -0.1) is 0 Å². The van der Waals surface area contributed by atoms with Crippen LogP contribution in [0.4, 0.5) is 0 Å². The van der Waals surface area contributed by atoms with E-state index >= 15 is 0 Å². The van der Waals surface area contributed by atoms with Crippen LogP contribution in [0.25, 0.3) is 11.0 Å². The molecule has 10 heteroatoms. The molecule has 30 heavy (non-hydrogen) atoms. The van der Waals surface area contributed by atoms with Crippen LogP contribution in [0.2, 0.25) is 10.0 Å². The number of carbonyl (C=O) groups is 1. The van der Waals surface area contributed by atoms with Gasteiger partial charge in [-0.3, -0.25) is 4.79 Å². The molecule has 1 aromatic heterocycles. The Morgan fingerprint density at radius 1 is 1.17 bits per heavy atom. The number of esters is 1. The second-order valence-corrected chi connectivity index (χ2v) is 9.78. The van der Waals surface area contributed by atoms with Gasteiger partial charge in [-0.05, 0) is 42.8 Å². The fourth-order valence-corrected chi connectivity index (χ4v) is 4.41. The van der Waals surface area contributed by atoms with E-state index in [4.69, 9.17) is 27.9 Å². The highest BCUT2D eigenvalue weighted by molar-refractivity contribution is 7.89. The monoisotopic (exact) mass is 469 g/mol. The molecule has 0 unspecified atom stereocenters. The van der Waals surface area contributed by atoms with Gasteiger partial charge in [0, 0.05) is 30.7 Å². The highest BCUT2D eigenvalue weighted by Crippen LogP contribution is 2.24. The standard InChI is InChI=1S/C20H21Cl2N3O4S/c1-4-25-18-8-7-15(30(27,28)24(2)3)11-17(18)23-19(25)12-29-20(26)9-13-5-6-14(21)10-16(13)22/h5-8,10-11H,4,9,12H2,1-3H3. The molecule has 0 spiro atoms. The predicted molar refractivity (Wildman–Crippen MR) is 116 cm³/mol. The van der Waals surface area contributed by atoms with E-state index in [9.17, 15) is 13.2 Å². The van der Waals surface area contributed by atoms with Crippen LogP contribution in [0, 0.1) is 0 Å². The molecule has 0 bridgehead atoms. The largest absolute Gasteiger partial charge is 0.457 e. The first-order valence-corrected chi connectivity index (χ1v) is 11.3. The van der Waals surface area contributed by atoms with Crippen molar-refractivity contribution in [2.45, 2.75) is 31.4 Å². The molecule has 0 aliphatic carbocycles. The van der Waals surface area contributed by atoms with Crippen LogP contribution in [0.1, 0.15) is 18.3 Å². The smallest absolute Gasteiger partial charge is 0.310 e. The number of hydrogen-bond acceptors (Lipinski definition) is 5. The number of rotatable bonds is 7. The summed E-state index contributed by atoms with van der Waals surface area (Å²) in [4.78, 5) is 16.9. The Morgan fingerprint density at radius 2 is 1.90 bits per heavy atom. The number of imidazole rings is 1. The Bertz CT molecular complexity index is 1210. The second-order valence-electron chi connectivity index (χ2n) is 6.78. The summed E-state index contributed by atoms with van der Waals surface area (Å²) in [5.74, 6) is 0.0762. The maximum absolute atomic E-state index is 12.4. The molecule has 0 saturated heterocycles. The Hall–Kier alpha value is -2.13. The molecule has 3 aromatic rings. The van der Waals surface area contributed by atoms with Crippen molar-refractivity contribution in [2.24, 2.45) is 0 Å². The van der Waals surface area contributed by atoms with Gasteiger partial charge in [0.05, 0.1) is 22.3 Å². The number of carbonyl (C=O) groups excluding carboxylic acids is 1. The van der Waals surface area contributed by atoms with Crippen molar-refractivity contribution in [3.8, 4) is 0 Å². The molecule has 0 fully saturated rings.